The molecule has 0 aliphatic carbocycles. The number of amidine groups is 1. The number of halogens is 3. The number of hydrogen-bond donors (Lipinski definition) is 4. The number of fused-ring (bicyclic) bond motifs is 1. The first-order valence-electron chi connectivity index (χ1n) is 6.78. The molecule has 1 heterocycles. The number of benzene rings is 1. The van der Waals surface area contributed by atoms with E-state index in [9.17, 15) is 13.2 Å². The first kappa shape index (κ1) is 17.9. The molecule has 0 aliphatic rings. The number of rotatable bonds is 4. The van der Waals surface area contributed by atoms with Crippen molar-refractivity contribution in [3.63, 3.8) is 0 Å². The van der Waals surface area contributed by atoms with E-state index in [1.807, 2.05) is 0 Å². The van der Waals surface area contributed by atoms with Crippen molar-refractivity contribution >= 4 is 39.5 Å². The van der Waals surface area contributed by atoms with Crippen LogP contribution >= 0.6 is 11.8 Å². The van der Waals surface area contributed by atoms with E-state index in [0.717, 1.165) is 23.9 Å². The minimum atomic E-state index is -4.40. The van der Waals surface area contributed by atoms with E-state index in [1.54, 1.807) is 6.07 Å². The molecule has 0 aliphatic heterocycles. The van der Waals surface area contributed by atoms with E-state index < -0.39 is 11.7 Å². The van der Waals surface area contributed by atoms with Gasteiger partial charge in [0.25, 0.3) is 0 Å². The fourth-order valence-corrected chi connectivity index (χ4v) is 2.53. The van der Waals surface area contributed by atoms with Crippen molar-refractivity contribution in [1.29, 1.82) is 5.41 Å². The molecule has 0 unspecified atom stereocenters. The standard InChI is InChI=1S/C14H15F3N6S/c15-14(16,17)8-1-2-9-10(3-4-21-11(9)7-8)22-5-6-24-13(20)23-12(18)19/h1-4,7H,5-6H2,(H,21,22)(H5,18,19,20,23). The van der Waals surface area contributed by atoms with Crippen LogP contribution in [0.15, 0.2) is 35.5 Å². The minimum Gasteiger partial charge on any atom is -0.384 e. The minimum absolute atomic E-state index is 0.00814. The Morgan fingerprint density at radius 1 is 1.29 bits per heavy atom. The molecule has 10 heteroatoms. The molecular formula is C14H15F3N6S. The first-order valence-corrected chi connectivity index (χ1v) is 7.77. The number of alkyl halides is 3. The van der Waals surface area contributed by atoms with Crippen LogP contribution in [0.2, 0.25) is 0 Å². The first-order chi connectivity index (χ1) is 11.3. The highest BCUT2D eigenvalue weighted by Crippen LogP contribution is 2.32. The lowest BCUT2D eigenvalue weighted by atomic mass is 10.1. The number of thioether (sulfide) groups is 1. The molecule has 1 aromatic heterocycles. The Kier molecular flexibility index (Phi) is 5.50. The van der Waals surface area contributed by atoms with Gasteiger partial charge in [0.15, 0.2) is 11.1 Å². The molecule has 2 aromatic rings. The van der Waals surface area contributed by atoms with E-state index in [1.165, 1.54) is 12.3 Å². The van der Waals surface area contributed by atoms with Crippen LogP contribution < -0.4 is 16.8 Å². The molecule has 6 N–H and O–H groups in total. The van der Waals surface area contributed by atoms with Crippen LogP contribution in [-0.4, -0.2) is 28.4 Å². The Labute approximate surface area is 140 Å². The van der Waals surface area contributed by atoms with Crippen molar-refractivity contribution in [2.24, 2.45) is 16.5 Å². The Morgan fingerprint density at radius 3 is 2.71 bits per heavy atom. The number of aliphatic imine (C=N–C) groups is 1. The highest BCUT2D eigenvalue weighted by molar-refractivity contribution is 8.13. The fourth-order valence-electron chi connectivity index (χ4n) is 1.96. The van der Waals surface area contributed by atoms with Crippen LogP contribution in [0.1, 0.15) is 5.56 Å². The summed E-state index contributed by atoms with van der Waals surface area (Å²) in [6.45, 7) is 0.479. The number of guanidine groups is 1. The summed E-state index contributed by atoms with van der Waals surface area (Å²) in [4.78, 5) is 7.56. The smallest absolute Gasteiger partial charge is 0.384 e. The third-order valence-electron chi connectivity index (χ3n) is 2.96. The van der Waals surface area contributed by atoms with Gasteiger partial charge < -0.3 is 16.8 Å². The summed E-state index contributed by atoms with van der Waals surface area (Å²) in [5, 5.41) is 11.2. The van der Waals surface area contributed by atoms with Crippen molar-refractivity contribution in [3.05, 3.63) is 36.0 Å². The van der Waals surface area contributed by atoms with Gasteiger partial charge in [-0.3, -0.25) is 10.4 Å². The van der Waals surface area contributed by atoms with E-state index in [0.29, 0.717) is 23.4 Å². The highest BCUT2D eigenvalue weighted by Gasteiger charge is 2.30. The van der Waals surface area contributed by atoms with Gasteiger partial charge in [-0.2, -0.15) is 18.2 Å². The Bertz CT molecular complexity index is 771. The van der Waals surface area contributed by atoms with Crippen LogP contribution in [0, 0.1) is 5.41 Å². The molecule has 6 nitrogen and oxygen atoms in total. The van der Waals surface area contributed by atoms with E-state index in [2.05, 4.69) is 15.3 Å². The number of nitrogens with two attached hydrogens (primary N) is 2. The third kappa shape index (κ3) is 4.75. The maximum absolute atomic E-state index is 12.7. The quantitative estimate of drug-likeness (QED) is 0.382. The van der Waals surface area contributed by atoms with E-state index >= 15 is 0 Å². The second-order valence-corrected chi connectivity index (χ2v) is 5.79. The summed E-state index contributed by atoms with van der Waals surface area (Å²) >= 11 is 1.14. The zero-order valence-corrected chi connectivity index (χ0v) is 13.2. The zero-order valence-electron chi connectivity index (χ0n) is 12.4. The number of anilines is 1. The summed E-state index contributed by atoms with van der Waals surface area (Å²) in [7, 11) is 0. The monoisotopic (exact) mass is 356 g/mol. The largest absolute Gasteiger partial charge is 0.416 e. The van der Waals surface area contributed by atoms with Gasteiger partial charge in [0.2, 0.25) is 0 Å². The Morgan fingerprint density at radius 2 is 2.04 bits per heavy atom. The molecule has 1 aromatic carbocycles. The molecule has 2 rings (SSSR count). The van der Waals surface area contributed by atoms with Crippen molar-refractivity contribution in [2.45, 2.75) is 6.18 Å². The molecule has 128 valence electrons. The molecule has 24 heavy (non-hydrogen) atoms. The maximum atomic E-state index is 12.7. The van der Waals surface area contributed by atoms with Crippen LogP contribution in [0.4, 0.5) is 18.9 Å². The number of aromatic nitrogens is 1. The molecule has 0 atom stereocenters. The number of pyridine rings is 1. The lowest BCUT2D eigenvalue weighted by Crippen LogP contribution is -2.23. The highest BCUT2D eigenvalue weighted by atomic mass is 32.2. The molecule has 0 fully saturated rings. The van der Waals surface area contributed by atoms with Gasteiger partial charge >= 0.3 is 6.18 Å². The normalized spacial score (nSPS) is 11.3. The van der Waals surface area contributed by atoms with Crippen LogP contribution in [0.5, 0.6) is 0 Å². The molecule has 0 saturated heterocycles. The average molecular weight is 356 g/mol. The summed E-state index contributed by atoms with van der Waals surface area (Å²) in [6.07, 6.45) is -2.96. The second-order valence-electron chi connectivity index (χ2n) is 4.71. The number of nitrogens with one attached hydrogen (secondary N) is 2. The summed E-state index contributed by atoms with van der Waals surface area (Å²) in [5.74, 6) is 0.334. The number of hydrogen-bond acceptors (Lipinski definition) is 4. The van der Waals surface area contributed by atoms with Gasteiger partial charge in [-0.1, -0.05) is 17.8 Å². The fraction of sp³-hybridized carbons (Fsp3) is 0.214. The van der Waals surface area contributed by atoms with Crippen LogP contribution in [0.25, 0.3) is 10.9 Å². The van der Waals surface area contributed by atoms with Gasteiger partial charge in [-0.15, -0.1) is 0 Å². The van der Waals surface area contributed by atoms with E-state index in [4.69, 9.17) is 16.9 Å². The molecule has 0 spiro atoms. The Balaban J connectivity index is 2.05. The van der Waals surface area contributed by atoms with Gasteiger partial charge in [0.05, 0.1) is 11.1 Å². The van der Waals surface area contributed by atoms with Crippen molar-refractivity contribution in [3.8, 4) is 0 Å². The van der Waals surface area contributed by atoms with Crippen molar-refractivity contribution in [1.82, 2.24) is 4.98 Å². The SMILES string of the molecule is N=C(N=C(N)N)SCCNc1ccnc2cc(C(F)(F)F)ccc12. The second kappa shape index (κ2) is 7.39. The maximum Gasteiger partial charge on any atom is 0.416 e. The Hall–Kier alpha value is -2.49. The average Bonchev–Trinajstić information content (AvgIpc) is 2.49. The molecular weight excluding hydrogens is 341 g/mol. The summed E-state index contributed by atoms with van der Waals surface area (Å²) < 4.78 is 38.2. The molecule has 0 bridgehead atoms. The zero-order chi connectivity index (χ0) is 17.7. The molecule has 0 saturated carbocycles. The molecule has 0 amide bonds. The van der Waals surface area contributed by atoms with Crippen LogP contribution in [0.3, 0.4) is 0 Å². The predicted molar refractivity (Wildman–Crippen MR) is 91.2 cm³/mol. The van der Waals surface area contributed by atoms with Gasteiger partial charge in [-0.25, -0.2) is 0 Å². The van der Waals surface area contributed by atoms with Crippen molar-refractivity contribution < 1.29 is 13.2 Å². The summed E-state index contributed by atoms with van der Waals surface area (Å²) in [5.41, 5.74) is 10.5. The van der Waals surface area contributed by atoms with E-state index in [-0.39, 0.29) is 16.6 Å². The van der Waals surface area contributed by atoms with Crippen LogP contribution in [-0.2, 0) is 6.18 Å². The predicted octanol–water partition coefficient (Wildman–Crippen LogP) is 2.61. The van der Waals surface area contributed by atoms with Gasteiger partial charge in [0.1, 0.15) is 0 Å². The van der Waals surface area contributed by atoms with Crippen molar-refractivity contribution in [2.75, 3.05) is 17.6 Å². The van der Waals surface area contributed by atoms with Gasteiger partial charge in [-0.05, 0) is 18.2 Å². The van der Waals surface area contributed by atoms with Gasteiger partial charge in [0, 0.05) is 29.6 Å². The lowest BCUT2D eigenvalue weighted by Gasteiger charge is -2.11. The third-order valence-corrected chi connectivity index (χ3v) is 3.73. The number of nitrogens with zero attached hydrogens (tertiary/aromatic N) is 2. The summed E-state index contributed by atoms with van der Waals surface area (Å²) in [6, 6.07) is 5.12. The molecule has 0 radical (unpaired) electrons. The topological polar surface area (TPSA) is 113 Å². The lowest BCUT2D eigenvalue weighted by molar-refractivity contribution is -0.137.